The third-order valence-electron chi connectivity index (χ3n) is 2.17. The van der Waals surface area contributed by atoms with E-state index in [2.05, 4.69) is 5.32 Å². The topological polar surface area (TPSA) is 67.8 Å². The summed E-state index contributed by atoms with van der Waals surface area (Å²) in [5.41, 5.74) is -0.500. The van der Waals surface area contributed by atoms with Crippen molar-refractivity contribution >= 4 is 6.09 Å². The van der Waals surface area contributed by atoms with Crippen LogP contribution in [0, 0.1) is 5.92 Å². The van der Waals surface area contributed by atoms with Crippen molar-refractivity contribution in [3.63, 3.8) is 0 Å². The van der Waals surface area contributed by atoms with Crippen LogP contribution in [0.5, 0.6) is 0 Å². The fourth-order valence-electron chi connectivity index (χ4n) is 1.27. The minimum Gasteiger partial charge on any atom is -0.444 e. The van der Waals surface area contributed by atoms with Gasteiger partial charge in [-0.25, -0.2) is 4.79 Å². The molecule has 0 rings (SSSR count). The molecule has 1 atom stereocenters. The fourth-order valence-corrected chi connectivity index (χ4v) is 1.27. The van der Waals surface area contributed by atoms with Crippen molar-refractivity contribution in [1.29, 1.82) is 0 Å². The Kier molecular flexibility index (Phi) is 7.95. The maximum absolute atomic E-state index is 11.4. The molecule has 18 heavy (non-hydrogen) atoms. The number of ether oxygens (including phenoxy) is 2. The molecule has 2 N–H and O–H groups in total. The Morgan fingerprint density at radius 2 is 1.94 bits per heavy atom. The van der Waals surface area contributed by atoms with Crippen molar-refractivity contribution in [2.45, 2.75) is 52.7 Å². The average molecular weight is 261 g/mol. The summed E-state index contributed by atoms with van der Waals surface area (Å²) in [6.07, 6.45) is 0.443. The minimum atomic E-state index is -0.500. The van der Waals surface area contributed by atoms with Crippen molar-refractivity contribution in [3.05, 3.63) is 0 Å². The van der Waals surface area contributed by atoms with Gasteiger partial charge in [-0.1, -0.05) is 0 Å². The quantitative estimate of drug-likeness (QED) is 0.735. The lowest BCUT2D eigenvalue weighted by Crippen LogP contribution is -2.36. The van der Waals surface area contributed by atoms with Crippen LogP contribution >= 0.6 is 0 Å². The molecular weight excluding hydrogens is 234 g/mol. The fraction of sp³-hybridized carbons (Fsp3) is 0.923. The summed E-state index contributed by atoms with van der Waals surface area (Å²) in [5, 5.41) is 11.8. The molecule has 0 aromatic heterocycles. The predicted molar refractivity (Wildman–Crippen MR) is 70.5 cm³/mol. The smallest absolute Gasteiger partial charge is 0.407 e. The molecule has 0 saturated carbocycles. The third kappa shape index (κ3) is 10.4. The number of hydrogen-bond donors (Lipinski definition) is 2. The van der Waals surface area contributed by atoms with E-state index in [0.717, 1.165) is 0 Å². The Morgan fingerprint density at radius 1 is 1.33 bits per heavy atom. The second kappa shape index (κ2) is 8.32. The van der Waals surface area contributed by atoms with Crippen molar-refractivity contribution in [2.75, 3.05) is 19.8 Å². The van der Waals surface area contributed by atoms with Gasteiger partial charge in [0.15, 0.2) is 0 Å². The van der Waals surface area contributed by atoms with Crippen LogP contribution in [0.1, 0.15) is 41.0 Å². The first-order valence-corrected chi connectivity index (χ1v) is 6.44. The van der Waals surface area contributed by atoms with Crippen molar-refractivity contribution < 1.29 is 19.4 Å². The van der Waals surface area contributed by atoms with Gasteiger partial charge in [0.1, 0.15) is 5.60 Å². The predicted octanol–water partition coefficient (Wildman–Crippen LogP) is 1.93. The molecule has 0 bridgehead atoms. The van der Waals surface area contributed by atoms with Crippen LogP contribution < -0.4 is 5.32 Å². The van der Waals surface area contributed by atoms with Crippen LogP contribution in [0.3, 0.4) is 0 Å². The van der Waals surface area contributed by atoms with Crippen LogP contribution in [0.2, 0.25) is 0 Å². The molecule has 5 nitrogen and oxygen atoms in total. The minimum absolute atomic E-state index is 0.00346. The summed E-state index contributed by atoms with van der Waals surface area (Å²) < 4.78 is 10.5. The standard InChI is InChI=1S/C13H27NO4/c1-10(2)17-7-6-11(9-15)8-14-12(16)18-13(3,4)5/h10-11,15H,6-9H2,1-5H3,(H,14,16). The molecule has 0 aromatic carbocycles. The SMILES string of the molecule is CC(C)OCCC(CO)CNC(=O)OC(C)(C)C. The molecule has 0 aliphatic carbocycles. The summed E-state index contributed by atoms with van der Waals surface area (Å²) in [6, 6.07) is 0. The van der Waals surface area contributed by atoms with E-state index in [1.54, 1.807) is 0 Å². The molecule has 0 radical (unpaired) electrons. The molecule has 1 amide bonds. The zero-order valence-corrected chi connectivity index (χ0v) is 12.2. The molecule has 0 heterocycles. The molecule has 0 aliphatic heterocycles. The normalized spacial score (nSPS) is 13.5. The number of carbonyl (C=O) groups is 1. The van der Waals surface area contributed by atoms with Gasteiger partial charge < -0.3 is 19.9 Å². The Balaban J connectivity index is 3.82. The molecule has 1 unspecified atom stereocenters. The highest BCUT2D eigenvalue weighted by Gasteiger charge is 2.17. The Labute approximate surface area is 110 Å². The highest BCUT2D eigenvalue weighted by Crippen LogP contribution is 2.07. The highest BCUT2D eigenvalue weighted by molar-refractivity contribution is 5.67. The molecule has 0 fully saturated rings. The molecule has 0 aliphatic rings. The third-order valence-corrected chi connectivity index (χ3v) is 2.17. The summed E-state index contributed by atoms with van der Waals surface area (Å²) in [5.74, 6) is -0.00346. The average Bonchev–Trinajstić information content (AvgIpc) is 2.20. The van der Waals surface area contributed by atoms with Crippen molar-refractivity contribution in [3.8, 4) is 0 Å². The van der Waals surface area contributed by atoms with Gasteiger partial charge in [0.25, 0.3) is 0 Å². The van der Waals surface area contributed by atoms with Crippen LogP contribution in [0.15, 0.2) is 0 Å². The molecule has 0 aromatic rings. The summed E-state index contributed by atoms with van der Waals surface area (Å²) in [6.45, 7) is 10.4. The van der Waals surface area contributed by atoms with Crippen LogP contribution in [0.25, 0.3) is 0 Å². The van der Waals surface area contributed by atoms with Gasteiger partial charge in [-0.3, -0.25) is 0 Å². The monoisotopic (exact) mass is 261 g/mol. The maximum Gasteiger partial charge on any atom is 0.407 e. The Hall–Kier alpha value is -0.810. The highest BCUT2D eigenvalue weighted by atomic mass is 16.6. The van der Waals surface area contributed by atoms with Gasteiger partial charge in [-0.2, -0.15) is 0 Å². The number of aliphatic hydroxyl groups excluding tert-OH is 1. The lowest BCUT2D eigenvalue weighted by Gasteiger charge is -2.21. The number of alkyl carbamates (subject to hydrolysis) is 1. The molecule has 0 spiro atoms. The number of aliphatic hydroxyl groups is 1. The molecule has 108 valence electrons. The van der Waals surface area contributed by atoms with Crippen LogP contribution in [0.4, 0.5) is 4.79 Å². The van der Waals surface area contributed by atoms with Gasteiger partial charge >= 0.3 is 6.09 Å². The maximum atomic E-state index is 11.4. The number of hydrogen-bond acceptors (Lipinski definition) is 4. The molecule has 5 heteroatoms. The second-order valence-electron chi connectivity index (χ2n) is 5.64. The van der Waals surface area contributed by atoms with E-state index in [1.807, 2.05) is 34.6 Å². The zero-order valence-electron chi connectivity index (χ0n) is 12.2. The van der Waals surface area contributed by atoms with Gasteiger partial charge in [0, 0.05) is 25.7 Å². The van der Waals surface area contributed by atoms with E-state index < -0.39 is 11.7 Å². The first kappa shape index (κ1) is 17.2. The first-order valence-electron chi connectivity index (χ1n) is 6.44. The zero-order chi connectivity index (χ0) is 14.2. The van der Waals surface area contributed by atoms with E-state index in [0.29, 0.717) is 19.6 Å². The summed E-state index contributed by atoms with van der Waals surface area (Å²) in [7, 11) is 0. The lowest BCUT2D eigenvalue weighted by atomic mass is 10.1. The van der Waals surface area contributed by atoms with Gasteiger partial charge in [0.2, 0.25) is 0 Å². The second-order valence-corrected chi connectivity index (χ2v) is 5.64. The van der Waals surface area contributed by atoms with Crippen molar-refractivity contribution in [2.24, 2.45) is 5.92 Å². The van der Waals surface area contributed by atoms with Gasteiger partial charge in [-0.15, -0.1) is 0 Å². The number of rotatable bonds is 7. The van der Waals surface area contributed by atoms with E-state index in [9.17, 15) is 9.90 Å². The summed E-state index contributed by atoms with van der Waals surface area (Å²) in [4.78, 5) is 11.4. The van der Waals surface area contributed by atoms with Crippen LogP contribution in [-0.2, 0) is 9.47 Å². The number of carbonyl (C=O) groups excluding carboxylic acids is 1. The molecular formula is C13H27NO4. The first-order chi connectivity index (χ1) is 8.24. The van der Waals surface area contributed by atoms with E-state index in [-0.39, 0.29) is 18.6 Å². The lowest BCUT2D eigenvalue weighted by molar-refractivity contribution is 0.0466. The molecule has 0 saturated heterocycles. The van der Waals surface area contributed by atoms with Crippen LogP contribution in [-0.4, -0.2) is 42.7 Å². The van der Waals surface area contributed by atoms with E-state index in [4.69, 9.17) is 9.47 Å². The van der Waals surface area contributed by atoms with Gasteiger partial charge in [-0.05, 0) is 41.0 Å². The number of amides is 1. The van der Waals surface area contributed by atoms with Crippen molar-refractivity contribution in [1.82, 2.24) is 5.32 Å². The van der Waals surface area contributed by atoms with E-state index in [1.165, 1.54) is 0 Å². The van der Waals surface area contributed by atoms with E-state index >= 15 is 0 Å². The Morgan fingerprint density at radius 3 is 2.39 bits per heavy atom. The van der Waals surface area contributed by atoms with Gasteiger partial charge in [0.05, 0.1) is 6.10 Å². The summed E-state index contributed by atoms with van der Waals surface area (Å²) >= 11 is 0. The Bertz CT molecular complexity index is 236. The number of nitrogens with one attached hydrogen (secondary N) is 1. The largest absolute Gasteiger partial charge is 0.444 e.